The highest BCUT2D eigenvalue weighted by Gasteiger charge is 2.30. The number of piperidine rings is 1. The number of hydrogen-bond acceptors (Lipinski definition) is 3. The van der Waals surface area contributed by atoms with Crippen LogP contribution >= 0.6 is 0 Å². The van der Waals surface area contributed by atoms with E-state index in [9.17, 15) is 4.79 Å². The van der Waals surface area contributed by atoms with Crippen LogP contribution in [0.1, 0.15) is 50.3 Å². The second-order valence-corrected chi connectivity index (χ2v) is 4.72. The number of urea groups is 1. The minimum atomic E-state index is 0.00371. The SMILES string of the molecule is CCCNC(=O)N1CCCCC1c1n[nH]c(C)n1. The van der Waals surface area contributed by atoms with E-state index in [0.717, 1.165) is 50.4 Å². The molecular formula is C12H21N5O. The van der Waals surface area contributed by atoms with E-state index >= 15 is 0 Å². The van der Waals surface area contributed by atoms with E-state index in [0.29, 0.717) is 0 Å². The van der Waals surface area contributed by atoms with Crippen LogP contribution in [0.4, 0.5) is 4.79 Å². The van der Waals surface area contributed by atoms with Gasteiger partial charge in [-0.15, -0.1) is 0 Å². The minimum Gasteiger partial charge on any atom is -0.338 e. The molecule has 1 aromatic heterocycles. The largest absolute Gasteiger partial charge is 0.338 e. The zero-order valence-electron chi connectivity index (χ0n) is 11.1. The van der Waals surface area contributed by atoms with E-state index < -0.39 is 0 Å². The van der Waals surface area contributed by atoms with Gasteiger partial charge in [-0.25, -0.2) is 9.78 Å². The third-order valence-corrected chi connectivity index (χ3v) is 3.20. The van der Waals surface area contributed by atoms with Crippen molar-refractivity contribution in [1.82, 2.24) is 25.4 Å². The lowest BCUT2D eigenvalue weighted by Gasteiger charge is -2.33. The molecule has 6 heteroatoms. The van der Waals surface area contributed by atoms with E-state index in [4.69, 9.17) is 0 Å². The van der Waals surface area contributed by atoms with E-state index in [2.05, 4.69) is 20.5 Å². The van der Waals surface area contributed by atoms with Crippen molar-refractivity contribution in [2.45, 2.75) is 45.6 Å². The molecule has 1 aliphatic heterocycles. The van der Waals surface area contributed by atoms with Gasteiger partial charge in [0.25, 0.3) is 0 Å². The summed E-state index contributed by atoms with van der Waals surface area (Å²) < 4.78 is 0. The first-order chi connectivity index (χ1) is 8.72. The maximum atomic E-state index is 12.1. The van der Waals surface area contributed by atoms with Crippen LogP contribution in [0.3, 0.4) is 0 Å². The molecule has 6 nitrogen and oxygen atoms in total. The first-order valence-corrected chi connectivity index (χ1v) is 6.65. The van der Waals surface area contributed by atoms with Gasteiger partial charge in [0.15, 0.2) is 5.82 Å². The summed E-state index contributed by atoms with van der Waals surface area (Å²) in [6.45, 7) is 5.43. The first-order valence-electron chi connectivity index (χ1n) is 6.65. The molecule has 2 heterocycles. The smallest absolute Gasteiger partial charge is 0.318 e. The zero-order chi connectivity index (χ0) is 13.0. The first kappa shape index (κ1) is 12.9. The predicted octanol–water partition coefficient (Wildman–Crippen LogP) is 1.76. The summed E-state index contributed by atoms with van der Waals surface area (Å²) in [6, 6.07) is 0.0181. The molecule has 18 heavy (non-hydrogen) atoms. The molecule has 2 amide bonds. The fourth-order valence-corrected chi connectivity index (χ4v) is 2.29. The van der Waals surface area contributed by atoms with Gasteiger partial charge in [-0.3, -0.25) is 5.10 Å². The molecule has 0 aromatic carbocycles. The number of aromatic nitrogens is 3. The second-order valence-electron chi connectivity index (χ2n) is 4.72. The van der Waals surface area contributed by atoms with Crippen LogP contribution in [0.25, 0.3) is 0 Å². The predicted molar refractivity (Wildman–Crippen MR) is 68.1 cm³/mol. The Morgan fingerprint density at radius 3 is 3.06 bits per heavy atom. The van der Waals surface area contributed by atoms with Crippen LogP contribution in [0.15, 0.2) is 0 Å². The number of hydrogen-bond donors (Lipinski definition) is 2. The normalized spacial score (nSPS) is 19.9. The van der Waals surface area contributed by atoms with Crippen molar-refractivity contribution in [3.63, 3.8) is 0 Å². The Morgan fingerprint density at radius 1 is 1.56 bits per heavy atom. The molecule has 0 aliphatic carbocycles. The second kappa shape index (κ2) is 5.84. The summed E-state index contributed by atoms with van der Waals surface area (Å²) in [4.78, 5) is 18.3. The van der Waals surface area contributed by atoms with E-state index in [1.165, 1.54) is 0 Å². The molecule has 2 N–H and O–H groups in total. The molecular weight excluding hydrogens is 230 g/mol. The Labute approximate surface area is 107 Å². The van der Waals surface area contributed by atoms with Crippen LogP contribution in [0.5, 0.6) is 0 Å². The van der Waals surface area contributed by atoms with Crippen molar-refractivity contribution in [1.29, 1.82) is 0 Å². The van der Waals surface area contributed by atoms with E-state index in [-0.39, 0.29) is 12.1 Å². The Kier molecular flexibility index (Phi) is 4.17. The highest BCUT2D eigenvalue weighted by molar-refractivity contribution is 5.74. The molecule has 2 rings (SSSR count). The fourth-order valence-electron chi connectivity index (χ4n) is 2.29. The molecule has 0 bridgehead atoms. The number of aromatic amines is 1. The zero-order valence-corrected chi connectivity index (χ0v) is 11.1. The number of amides is 2. The molecule has 0 radical (unpaired) electrons. The maximum absolute atomic E-state index is 12.1. The highest BCUT2D eigenvalue weighted by Crippen LogP contribution is 2.28. The standard InChI is InChI=1S/C12H21N5O/c1-3-7-13-12(18)17-8-5-4-6-10(17)11-14-9(2)15-16-11/h10H,3-8H2,1-2H3,(H,13,18)(H,14,15,16). The maximum Gasteiger partial charge on any atom is 0.318 e. The summed E-state index contributed by atoms with van der Waals surface area (Å²) in [6.07, 6.45) is 4.07. The average molecular weight is 251 g/mol. The van der Waals surface area contributed by atoms with Gasteiger partial charge in [0, 0.05) is 13.1 Å². The lowest BCUT2D eigenvalue weighted by Crippen LogP contribution is -2.45. The Morgan fingerprint density at radius 2 is 2.39 bits per heavy atom. The van der Waals surface area contributed by atoms with Gasteiger partial charge < -0.3 is 10.2 Å². The van der Waals surface area contributed by atoms with Crippen molar-refractivity contribution in [2.75, 3.05) is 13.1 Å². The third-order valence-electron chi connectivity index (χ3n) is 3.20. The summed E-state index contributed by atoms with van der Waals surface area (Å²) in [5.41, 5.74) is 0. The van der Waals surface area contributed by atoms with Gasteiger partial charge in [-0.05, 0) is 32.6 Å². The fraction of sp³-hybridized carbons (Fsp3) is 0.750. The molecule has 100 valence electrons. The highest BCUT2D eigenvalue weighted by atomic mass is 16.2. The number of H-pyrrole nitrogens is 1. The van der Waals surface area contributed by atoms with Gasteiger partial charge in [0.1, 0.15) is 5.82 Å². The summed E-state index contributed by atoms with van der Waals surface area (Å²) in [7, 11) is 0. The summed E-state index contributed by atoms with van der Waals surface area (Å²) >= 11 is 0. The van der Waals surface area contributed by atoms with Crippen LogP contribution in [0.2, 0.25) is 0 Å². The van der Waals surface area contributed by atoms with Crippen molar-refractivity contribution in [2.24, 2.45) is 0 Å². The average Bonchev–Trinajstić information content (AvgIpc) is 2.82. The molecule has 1 aromatic rings. The van der Waals surface area contributed by atoms with Gasteiger partial charge in [-0.1, -0.05) is 6.92 Å². The number of nitrogens with zero attached hydrogens (tertiary/aromatic N) is 3. The number of carbonyl (C=O) groups is 1. The van der Waals surface area contributed by atoms with E-state index in [1.54, 1.807) is 0 Å². The van der Waals surface area contributed by atoms with Crippen molar-refractivity contribution >= 4 is 6.03 Å². The lowest BCUT2D eigenvalue weighted by molar-refractivity contribution is 0.148. The quantitative estimate of drug-likeness (QED) is 0.859. The van der Waals surface area contributed by atoms with Crippen molar-refractivity contribution in [3.8, 4) is 0 Å². The van der Waals surface area contributed by atoms with Crippen molar-refractivity contribution < 1.29 is 4.79 Å². The topological polar surface area (TPSA) is 73.9 Å². The lowest BCUT2D eigenvalue weighted by atomic mass is 10.0. The Balaban J connectivity index is 2.08. The van der Waals surface area contributed by atoms with Gasteiger partial charge >= 0.3 is 6.03 Å². The van der Waals surface area contributed by atoms with Crippen molar-refractivity contribution in [3.05, 3.63) is 11.6 Å². The number of rotatable bonds is 3. The van der Waals surface area contributed by atoms with Gasteiger partial charge in [-0.2, -0.15) is 5.10 Å². The van der Waals surface area contributed by atoms with Crippen LogP contribution in [-0.2, 0) is 0 Å². The Bertz CT molecular complexity index is 403. The molecule has 1 atom stereocenters. The van der Waals surface area contributed by atoms with Gasteiger partial charge in [0.2, 0.25) is 0 Å². The molecule has 1 fully saturated rings. The number of likely N-dealkylation sites (tertiary alicyclic amines) is 1. The monoisotopic (exact) mass is 251 g/mol. The molecule has 0 saturated carbocycles. The molecule has 0 spiro atoms. The summed E-state index contributed by atoms with van der Waals surface area (Å²) in [5, 5.41) is 9.97. The molecule has 1 saturated heterocycles. The van der Waals surface area contributed by atoms with E-state index in [1.807, 2.05) is 18.7 Å². The number of carbonyl (C=O) groups excluding carboxylic acids is 1. The number of nitrogens with one attached hydrogen (secondary N) is 2. The molecule has 1 aliphatic rings. The third kappa shape index (κ3) is 2.80. The van der Waals surface area contributed by atoms with Crippen LogP contribution in [-0.4, -0.2) is 39.2 Å². The van der Waals surface area contributed by atoms with Crippen LogP contribution < -0.4 is 5.32 Å². The summed E-state index contributed by atoms with van der Waals surface area (Å²) in [5.74, 6) is 1.53. The molecule has 1 unspecified atom stereocenters. The Hall–Kier alpha value is -1.59. The minimum absolute atomic E-state index is 0.00371. The van der Waals surface area contributed by atoms with Crippen LogP contribution in [0, 0.1) is 6.92 Å². The number of aryl methyl sites for hydroxylation is 1. The van der Waals surface area contributed by atoms with Gasteiger partial charge in [0.05, 0.1) is 6.04 Å².